The summed E-state index contributed by atoms with van der Waals surface area (Å²) in [6.07, 6.45) is -0.0241. The van der Waals surface area contributed by atoms with Crippen LogP contribution >= 0.6 is 0 Å². The van der Waals surface area contributed by atoms with Crippen LogP contribution in [0.4, 0.5) is 0 Å². The summed E-state index contributed by atoms with van der Waals surface area (Å²) in [7, 11) is 0. The molecule has 19 heavy (non-hydrogen) atoms. The van der Waals surface area contributed by atoms with E-state index < -0.39 is 5.97 Å². The Labute approximate surface area is 114 Å². The molecule has 0 aliphatic carbocycles. The van der Waals surface area contributed by atoms with Crippen LogP contribution in [0.25, 0.3) is 0 Å². The fraction of sp³-hybridized carbons (Fsp3) is 0.467. The van der Waals surface area contributed by atoms with Gasteiger partial charge in [0.05, 0.1) is 6.42 Å². The van der Waals surface area contributed by atoms with Gasteiger partial charge in [0.25, 0.3) is 5.91 Å². The second-order valence-corrected chi connectivity index (χ2v) is 4.81. The summed E-state index contributed by atoms with van der Waals surface area (Å²) in [5, 5.41) is 8.67. The molecular formula is C15H21NO3. The molecule has 0 unspecified atom stereocenters. The van der Waals surface area contributed by atoms with Crippen molar-refractivity contribution in [2.24, 2.45) is 0 Å². The third kappa shape index (κ3) is 4.39. The number of amides is 1. The molecule has 1 rings (SSSR count). The Hall–Kier alpha value is -1.84. The maximum Gasteiger partial charge on any atom is 0.305 e. The third-order valence-electron chi connectivity index (χ3n) is 3.09. The van der Waals surface area contributed by atoms with Crippen molar-refractivity contribution in [1.29, 1.82) is 0 Å². The SMILES string of the molecule is CCN(CCC(=O)O)C(=O)c1ccc(C(C)C)cc1. The molecule has 0 atom stereocenters. The van der Waals surface area contributed by atoms with E-state index in [9.17, 15) is 9.59 Å². The minimum Gasteiger partial charge on any atom is -0.481 e. The number of rotatable bonds is 6. The van der Waals surface area contributed by atoms with Crippen molar-refractivity contribution in [2.75, 3.05) is 13.1 Å². The van der Waals surface area contributed by atoms with Crippen LogP contribution < -0.4 is 0 Å². The number of carbonyl (C=O) groups excluding carboxylic acids is 1. The largest absolute Gasteiger partial charge is 0.481 e. The van der Waals surface area contributed by atoms with Crippen molar-refractivity contribution in [3.8, 4) is 0 Å². The number of aliphatic carboxylic acids is 1. The van der Waals surface area contributed by atoms with Gasteiger partial charge in [0.1, 0.15) is 0 Å². The topological polar surface area (TPSA) is 57.6 Å². The van der Waals surface area contributed by atoms with Gasteiger partial charge in [-0.1, -0.05) is 26.0 Å². The van der Waals surface area contributed by atoms with Crippen LogP contribution in [0.15, 0.2) is 24.3 Å². The van der Waals surface area contributed by atoms with Crippen molar-refractivity contribution in [2.45, 2.75) is 33.1 Å². The molecule has 4 nitrogen and oxygen atoms in total. The number of carboxylic acids is 1. The van der Waals surface area contributed by atoms with Crippen molar-refractivity contribution in [3.05, 3.63) is 35.4 Å². The van der Waals surface area contributed by atoms with Crippen LogP contribution in [-0.2, 0) is 4.79 Å². The monoisotopic (exact) mass is 263 g/mol. The van der Waals surface area contributed by atoms with Gasteiger partial charge in [0.15, 0.2) is 0 Å². The number of nitrogens with zero attached hydrogens (tertiary/aromatic N) is 1. The van der Waals surface area contributed by atoms with Crippen LogP contribution in [0, 0.1) is 0 Å². The van der Waals surface area contributed by atoms with Gasteiger partial charge >= 0.3 is 5.97 Å². The van der Waals surface area contributed by atoms with Gasteiger partial charge in [-0.15, -0.1) is 0 Å². The molecule has 0 bridgehead atoms. The van der Waals surface area contributed by atoms with E-state index in [1.54, 1.807) is 17.0 Å². The molecule has 0 aromatic heterocycles. The zero-order valence-corrected chi connectivity index (χ0v) is 11.7. The number of benzene rings is 1. The Kier molecular flexibility index (Phi) is 5.55. The van der Waals surface area contributed by atoms with Gasteiger partial charge in [-0.2, -0.15) is 0 Å². The highest BCUT2D eigenvalue weighted by Crippen LogP contribution is 2.15. The standard InChI is InChI=1S/C15H21NO3/c1-4-16(10-9-14(17)18)15(19)13-7-5-12(6-8-13)11(2)3/h5-8,11H,4,9-10H2,1-3H3,(H,17,18). The number of carbonyl (C=O) groups is 2. The molecule has 1 aromatic carbocycles. The van der Waals surface area contributed by atoms with E-state index in [4.69, 9.17) is 5.11 Å². The first-order valence-electron chi connectivity index (χ1n) is 6.56. The second-order valence-electron chi connectivity index (χ2n) is 4.81. The summed E-state index contributed by atoms with van der Waals surface area (Å²) in [5.74, 6) is -0.570. The molecule has 0 spiro atoms. The first-order valence-corrected chi connectivity index (χ1v) is 6.56. The molecule has 4 heteroatoms. The lowest BCUT2D eigenvalue weighted by Crippen LogP contribution is -2.32. The average molecular weight is 263 g/mol. The average Bonchev–Trinajstić information content (AvgIpc) is 2.39. The van der Waals surface area contributed by atoms with Crippen molar-refractivity contribution >= 4 is 11.9 Å². The Balaban J connectivity index is 2.76. The summed E-state index contributed by atoms with van der Waals surface area (Å²) < 4.78 is 0. The smallest absolute Gasteiger partial charge is 0.305 e. The van der Waals surface area contributed by atoms with Crippen LogP contribution in [-0.4, -0.2) is 35.0 Å². The van der Waals surface area contributed by atoms with E-state index in [2.05, 4.69) is 13.8 Å². The second kappa shape index (κ2) is 6.92. The maximum atomic E-state index is 12.2. The van der Waals surface area contributed by atoms with Crippen molar-refractivity contribution < 1.29 is 14.7 Å². The highest BCUT2D eigenvalue weighted by molar-refractivity contribution is 5.94. The van der Waals surface area contributed by atoms with E-state index in [-0.39, 0.29) is 18.9 Å². The molecule has 1 aromatic rings. The van der Waals surface area contributed by atoms with Gasteiger partial charge in [-0.3, -0.25) is 9.59 Å². The predicted molar refractivity (Wildman–Crippen MR) is 74.4 cm³/mol. The highest BCUT2D eigenvalue weighted by Gasteiger charge is 2.15. The maximum absolute atomic E-state index is 12.2. The van der Waals surface area contributed by atoms with E-state index in [1.807, 2.05) is 19.1 Å². The summed E-state index contributed by atoms with van der Waals surface area (Å²) >= 11 is 0. The molecule has 0 saturated carbocycles. The Morgan fingerprint density at radius 2 is 1.79 bits per heavy atom. The molecule has 0 aliphatic rings. The first-order chi connectivity index (χ1) is 8.95. The van der Waals surface area contributed by atoms with Gasteiger partial charge in [0, 0.05) is 18.7 Å². The van der Waals surface area contributed by atoms with Gasteiger partial charge in [0.2, 0.25) is 0 Å². The Bertz CT molecular complexity index is 437. The molecule has 0 aliphatic heterocycles. The molecular weight excluding hydrogens is 242 g/mol. The molecule has 0 saturated heterocycles. The summed E-state index contributed by atoms with van der Waals surface area (Å²) in [6.45, 7) is 6.81. The quantitative estimate of drug-likeness (QED) is 0.858. The summed E-state index contributed by atoms with van der Waals surface area (Å²) in [4.78, 5) is 24.3. The van der Waals surface area contributed by atoms with Crippen LogP contribution in [0.5, 0.6) is 0 Å². The lowest BCUT2D eigenvalue weighted by molar-refractivity contribution is -0.137. The van der Waals surface area contributed by atoms with E-state index >= 15 is 0 Å². The van der Waals surface area contributed by atoms with E-state index in [0.717, 1.165) is 0 Å². The summed E-state index contributed by atoms with van der Waals surface area (Å²) in [6, 6.07) is 7.51. The first kappa shape index (κ1) is 15.2. The molecule has 0 heterocycles. The van der Waals surface area contributed by atoms with Crippen LogP contribution in [0.2, 0.25) is 0 Å². The van der Waals surface area contributed by atoms with Crippen molar-refractivity contribution in [3.63, 3.8) is 0 Å². The minimum absolute atomic E-state index is 0.0241. The highest BCUT2D eigenvalue weighted by atomic mass is 16.4. The zero-order chi connectivity index (χ0) is 14.4. The van der Waals surface area contributed by atoms with Crippen LogP contribution in [0.3, 0.4) is 0 Å². The summed E-state index contributed by atoms with van der Waals surface area (Å²) in [5.41, 5.74) is 1.79. The predicted octanol–water partition coefficient (Wildman–Crippen LogP) is 2.75. The molecule has 0 radical (unpaired) electrons. The number of carboxylic acid groups (broad SMARTS) is 1. The van der Waals surface area contributed by atoms with Gasteiger partial charge < -0.3 is 10.0 Å². The van der Waals surface area contributed by atoms with E-state index in [0.29, 0.717) is 18.0 Å². The number of hydrogen-bond donors (Lipinski definition) is 1. The third-order valence-corrected chi connectivity index (χ3v) is 3.09. The normalized spacial score (nSPS) is 10.5. The molecule has 1 N–H and O–H groups in total. The fourth-order valence-corrected chi connectivity index (χ4v) is 1.83. The Morgan fingerprint density at radius 3 is 2.21 bits per heavy atom. The lowest BCUT2D eigenvalue weighted by Gasteiger charge is -2.20. The number of hydrogen-bond acceptors (Lipinski definition) is 2. The minimum atomic E-state index is -0.888. The molecule has 104 valence electrons. The Morgan fingerprint density at radius 1 is 1.21 bits per heavy atom. The van der Waals surface area contributed by atoms with Gasteiger partial charge in [-0.05, 0) is 30.5 Å². The van der Waals surface area contributed by atoms with Gasteiger partial charge in [-0.25, -0.2) is 0 Å². The van der Waals surface area contributed by atoms with E-state index in [1.165, 1.54) is 5.56 Å². The zero-order valence-electron chi connectivity index (χ0n) is 11.7. The molecule has 0 fully saturated rings. The fourth-order valence-electron chi connectivity index (χ4n) is 1.83. The lowest BCUT2D eigenvalue weighted by atomic mass is 10.0. The molecule has 1 amide bonds. The van der Waals surface area contributed by atoms with Crippen LogP contribution in [0.1, 0.15) is 49.0 Å². The van der Waals surface area contributed by atoms with Crippen molar-refractivity contribution in [1.82, 2.24) is 4.90 Å².